The van der Waals surface area contributed by atoms with Crippen LogP contribution in [0.5, 0.6) is 0 Å². The summed E-state index contributed by atoms with van der Waals surface area (Å²) in [6.07, 6.45) is 1.66. The Morgan fingerprint density at radius 2 is 1.82 bits per heavy atom. The number of thioether (sulfide) groups is 1. The second-order valence-electron chi connectivity index (χ2n) is 6.08. The maximum Gasteiger partial charge on any atom is 0.192 e. The fourth-order valence-corrected chi connectivity index (χ4v) is 3.75. The van der Waals surface area contributed by atoms with Crippen LogP contribution in [0, 0.1) is 11.3 Å². The number of benzene rings is 2. The number of hydrogen-bond donors (Lipinski definition) is 0. The highest BCUT2D eigenvalue weighted by molar-refractivity contribution is 7.98. The lowest BCUT2D eigenvalue weighted by Crippen LogP contribution is -2.03. The molecule has 0 aliphatic carbocycles. The lowest BCUT2D eigenvalue weighted by atomic mass is 10.2. The molecular weight excluding hydrogens is 392 g/mol. The summed E-state index contributed by atoms with van der Waals surface area (Å²) in [5.74, 6) is 2.31. The quantitative estimate of drug-likeness (QED) is 0.401. The van der Waals surface area contributed by atoms with E-state index in [-0.39, 0.29) is 0 Å². The van der Waals surface area contributed by atoms with Crippen LogP contribution in [0.1, 0.15) is 16.9 Å². The van der Waals surface area contributed by atoms with Crippen molar-refractivity contribution in [2.45, 2.75) is 17.5 Å². The van der Waals surface area contributed by atoms with Crippen LogP contribution in [-0.4, -0.2) is 14.8 Å². The lowest BCUT2D eigenvalue weighted by molar-refractivity contribution is 0.485. The topological polar surface area (TPSA) is 67.6 Å². The maximum absolute atomic E-state index is 8.93. The van der Waals surface area contributed by atoms with Gasteiger partial charge in [0.2, 0.25) is 0 Å². The van der Waals surface area contributed by atoms with Crippen LogP contribution < -0.4 is 0 Å². The molecule has 0 aliphatic heterocycles. The lowest BCUT2D eigenvalue weighted by Gasteiger charge is -2.09. The van der Waals surface area contributed by atoms with Gasteiger partial charge >= 0.3 is 0 Å². The summed E-state index contributed by atoms with van der Waals surface area (Å²) >= 11 is 7.61. The van der Waals surface area contributed by atoms with E-state index >= 15 is 0 Å². The molecule has 2 aromatic carbocycles. The minimum Gasteiger partial charge on any atom is -0.467 e. The summed E-state index contributed by atoms with van der Waals surface area (Å²) in [6, 6.07) is 21.0. The zero-order valence-electron chi connectivity index (χ0n) is 14.7. The van der Waals surface area contributed by atoms with Crippen LogP contribution in [0.2, 0.25) is 5.02 Å². The van der Waals surface area contributed by atoms with Crippen molar-refractivity contribution in [1.29, 1.82) is 5.26 Å². The summed E-state index contributed by atoms with van der Waals surface area (Å²) in [7, 11) is 0. The first kappa shape index (κ1) is 18.4. The largest absolute Gasteiger partial charge is 0.467 e. The minimum absolute atomic E-state index is 0.535. The van der Waals surface area contributed by atoms with Crippen molar-refractivity contribution < 1.29 is 4.42 Å². The highest BCUT2D eigenvalue weighted by Crippen LogP contribution is 2.28. The predicted molar refractivity (Wildman–Crippen MR) is 109 cm³/mol. The molecule has 0 unspecified atom stereocenters. The fraction of sp³-hybridized carbons (Fsp3) is 0.0952. The molecule has 28 heavy (non-hydrogen) atoms. The molecule has 0 bridgehead atoms. The monoisotopic (exact) mass is 406 g/mol. The van der Waals surface area contributed by atoms with Crippen molar-refractivity contribution in [2.24, 2.45) is 0 Å². The summed E-state index contributed by atoms with van der Waals surface area (Å²) in [5, 5.41) is 19.2. The third-order valence-electron chi connectivity index (χ3n) is 4.16. The normalized spacial score (nSPS) is 10.7. The van der Waals surface area contributed by atoms with Crippen molar-refractivity contribution in [3.05, 3.63) is 88.8 Å². The van der Waals surface area contributed by atoms with Crippen molar-refractivity contribution in [2.75, 3.05) is 0 Å². The Morgan fingerprint density at radius 3 is 2.50 bits per heavy atom. The first-order valence-corrected chi connectivity index (χ1v) is 9.92. The van der Waals surface area contributed by atoms with Crippen molar-refractivity contribution in [1.82, 2.24) is 14.8 Å². The molecule has 2 aromatic heterocycles. The number of nitriles is 1. The van der Waals surface area contributed by atoms with Crippen LogP contribution in [0.3, 0.4) is 0 Å². The van der Waals surface area contributed by atoms with Crippen LogP contribution in [0.4, 0.5) is 0 Å². The number of rotatable bonds is 6. The van der Waals surface area contributed by atoms with E-state index in [1.54, 1.807) is 18.0 Å². The third kappa shape index (κ3) is 4.11. The highest BCUT2D eigenvalue weighted by atomic mass is 35.5. The van der Waals surface area contributed by atoms with Crippen LogP contribution in [0.25, 0.3) is 11.4 Å². The van der Waals surface area contributed by atoms with E-state index in [4.69, 9.17) is 21.3 Å². The molecule has 0 fully saturated rings. The molecule has 0 saturated heterocycles. The van der Waals surface area contributed by atoms with Gasteiger partial charge in [0.05, 0.1) is 24.4 Å². The van der Waals surface area contributed by atoms with E-state index in [1.165, 1.54) is 0 Å². The summed E-state index contributed by atoms with van der Waals surface area (Å²) in [5.41, 5.74) is 2.71. The molecule has 5 nitrogen and oxygen atoms in total. The number of nitrogens with zero attached hydrogens (tertiary/aromatic N) is 4. The van der Waals surface area contributed by atoms with Gasteiger partial charge in [0, 0.05) is 16.3 Å². The van der Waals surface area contributed by atoms with Gasteiger partial charge in [-0.3, -0.25) is 4.57 Å². The van der Waals surface area contributed by atoms with Gasteiger partial charge in [0.15, 0.2) is 11.0 Å². The van der Waals surface area contributed by atoms with Gasteiger partial charge in [0.1, 0.15) is 5.76 Å². The standard InChI is InChI=1S/C21H15ClN4OS/c22-18-9-7-17(8-10-18)20-24-25-21(26(20)13-19-2-1-11-27-19)28-14-16-5-3-15(12-23)4-6-16/h1-11H,13-14H2. The zero-order chi connectivity index (χ0) is 19.3. The molecule has 2 heterocycles. The number of aromatic nitrogens is 3. The number of halogens is 1. The molecule has 0 aliphatic rings. The van der Waals surface area contributed by atoms with Crippen LogP contribution >= 0.6 is 23.4 Å². The minimum atomic E-state index is 0.535. The molecular formula is C21H15ClN4OS. The molecule has 0 spiro atoms. The van der Waals surface area contributed by atoms with Crippen LogP contribution in [-0.2, 0) is 12.3 Å². The Balaban J connectivity index is 1.62. The van der Waals surface area contributed by atoms with Crippen molar-refractivity contribution in [3.63, 3.8) is 0 Å². The smallest absolute Gasteiger partial charge is 0.192 e. The molecule has 138 valence electrons. The summed E-state index contributed by atoms with van der Waals surface area (Å²) < 4.78 is 7.56. The second-order valence-corrected chi connectivity index (χ2v) is 7.45. The maximum atomic E-state index is 8.93. The van der Waals surface area contributed by atoms with E-state index in [0.29, 0.717) is 17.1 Å². The highest BCUT2D eigenvalue weighted by Gasteiger charge is 2.16. The molecule has 0 amide bonds. The van der Waals surface area contributed by atoms with Gasteiger partial charge in [-0.1, -0.05) is 35.5 Å². The SMILES string of the molecule is N#Cc1ccc(CSc2nnc(-c3ccc(Cl)cc3)n2Cc2ccco2)cc1. The molecule has 0 radical (unpaired) electrons. The average Bonchev–Trinajstić information content (AvgIpc) is 3.38. The zero-order valence-corrected chi connectivity index (χ0v) is 16.3. The Hall–Kier alpha value is -3.01. The summed E-state index contributed by atoms with van der Waals surface area (Å²) in [4.78, 5) is 0. The van der Waals surface area contributed by atoms with E-state index in [2.05, 4.69) is 16.3 Å². The van der Waals surface area contributed by atoms with Gasteiger partial charge in [-0.05, 0) is 54.1 Å². The van der Waals surface area contributed by atoms with Gasteiger partial charge in [0.25, 0.3) is 0 Å². The van der Waals surface area contributed by atoms with E-state index in [1.807, 2.05) is 65.2 Å². The first-order chi connectivity index (χ1) is 13.7. The molecule has 0 saturated carbocycles. The fourth-order valence-electron chi connectivity index (χ4n) is 2.73. The number of hydrogen-bond acceptors (Lipinski definition) is 5. The van der Waals surface area contributed by atoms with Gasteiger partial charge in [-0.25, -0.2) is 0 Å². The average molecular weight is 407 g/mol. The Kier molecular flexibility index (Phi) is 5.47. The number of furan rings is 1. The molecule has 4 aromatic rings. The van der Waals surface area contributed by atoms with Crippen LogP contribution in [0.15, 0.2) is 76.5 Å². The Labute approximate surface area is 171 Å². The molecule has 4 rings (SSSR count). The van der Waals surface area contributed by atoms with E-state index in [9.17, 15) is 0 Å². The van der Waals surface area contributed by atoms with Crippen molar-refractivity contribution >= 4 is 23.4 Å². The first-order valence-electron chi connectivity index (χ1n) is 8.56. The van der Waals surface area contributed by atoms with E-state index in [0.717, 1.165) is 33.6 Å². The third-order valence-corrected chi connectivity index (χ3v) is 5.45. The predicted octanol–water partition coefficient (Wildman–Crippen LogP) is 5.40. The Morgan fingerprint density at radius 1 is 1.04 bits per heavy atom. The van der Waals surface area contributed by atoms with Gasteiger partial charge in [-0.2, -0.15) is 5.26 Å². The second kappa shape index (κ2) is 8.34. The summed E-state index contributed by atoms with van der Waals surface area (Å²) in [6.45, 7) is 0.535. The van der Waals surface area contributed by atoms with Crippen molar-refractivity contribution in [3.8, 4) is 17.5 Å². The Bertz CT molecular complexity index is 1100. The molecule has 0 atom stereocenters. The molecule has 7 heteroatoms. The van der Waals surface area contributed by atoms with Gasteiger partial charge in [-0.15, -0.1) is 10.2 Å². The van der Waals surface area contributed by atoms with Gasteiger partial charge < -0.3 is 4.42 Å². The van der Waals surface area contributed by atoms with E-state index < -0.39 is 0 Å². The molecule has 0 N–H and O–H groups in total.